The fourth-order valence-corrected chi connectivity index (χ4v) is 2.39. The van der Waals surface area contributed by atoms with Crippen molar-refractivity contribution in [3.8, 4) is 0 Å². The summed E-state index contributed by atoms with van der Waals surface area (Å²) in [6.45, 7) is 6.68. The van der Waals surface area contributed by atoms with Crippen molar-refractivity contribution in [3.05, 3.63) is 23.8 Å². The summed E-state index contributed by atoms with van der Waals surface area (Å²) in [5, 5.41) is 2.92. The van der Waals surface area contributed by atoms with Gasteiger partial charge in [0.25, 0.3) is 0 Å². The van der Waals surface area contributed by atoms with E-state index in [1.165, 1.54) is 0 Å². The number of carbonyl (C=O) groups is 2. The zero-order valence-electron chi connectivity index (χ0n) is 12.4. The van der Waals surface area contributed by atoms with E-state index in [2.05, 4.69) is 5.32 Å². The molecule has 0 bridgehead atoms. The van der Waals surface area contributed by atoms with Crippen LogP contribution in [0.15, 0.2) is 18.2 Å². The molecule has 0 aromatic heterocycles. The molecule has 2 rings (SSSR count). The van der Waals surface area contributed by atoms with Crippen molar-refractivity contribution >= 4 is 23.2 Å². The van der Waals surface area contributed by atoms with Crippen LogP contribution in [-0.4, -0.2) is 18.4 Å². The molecular formula is C16H22N2O2. The van der Waals surface area contributed by atoms with Gasteiger partial charge in [0.05, 0.1) is 0 Å². The molecule has 1 saturated heterocycles. The Bertz CT molecular complexity index is 525. The largest absolute Gasteiger partial charge is 0.326 e. The van der Waals surface area contributed by atoms with Gasteiger partial charge in [0.2, 0.25) is 11.8 Å². The molecular weight excluding hydrogens is 252 g/mol. The molecule has 1 atom stereocenters. The highest BCUT2D eigenvalue weighted by Crippen LogP contribution is 2.27. The molecule has 1 heterocycles. The first-order chi connectivity index (χ1) is 9.52. The first kappa shape index (κ1) is 14.6. The lowest BCUT2D eigenvalue weighted by Crippen LogP contribution is -2.24. The maximum atomic E-state index is 11.9. The molecule has 4 nitrogen and oxygen atoms in total. The van der Waals surface area contributed by atoms with Gasteiger partial charge in [-0.2, -0.15) is 0 Å². The zero-order valence-corrected chi connectivity index (χ0v) is 12.4. The Morgan fingerprint density at radius 3 is 2.75 bits per heavy atom. The highest BCUT2D eigenvalue weighted by Gasteiger charge is 2.23. The molecule has 1 fully saturated rings. The van der Waals surface area contributed by atoms with E-state index in [0.29, 0.717) is 6.42 Å². The third-order valence-corrected chi connectivity index (χ3v) is 3.89. The van der Waals surface area contributed by atoms with Gasteiger partial charge in [-0.3, -0.25) is 9.59 Å². The van der Waals surface area contributed by atoms with Gasteiger partial charge < -0.3 is 10.2 Å². The van der Waals surface area contributed by atoms with Crippen LogP contribution in [-0.2, 0) is 9.59 Å². The molecule has 1 aromatic carbocycles. The van der Waals surface area contributed by atoms with Gasteiger partial charge in [0.15, 0.2) is 0 Å². The second kappa shape index (κ2) is 6.07. The summed E-state index contributed by atoms with van der Waals surface area (Å²) in [5.41, 5.74) is 2.76. The predicted molar refractivity (Wildman–Crippen MR) is 80.9 cm³/mol. The van der Waals surface area contributed by atoms with E-state index in [1.54, 1.807) is 0 Å². The average molecular weight is 274 g/mol. The van der Waals surface area contributed by atoms with Crippen LogP contribution in [0.5, 0.6) is 0 Å². The topological polar surface area (TPSA) is 49.4 Å². The minimum atomic E-state index is 0.00939. The number of benzene rings is 1. The maximum Gasteiger partial charge on any atom is 0.227 e. The molecule has 0 radical (unpaired) electrons. The number of aryl methyl sites for hydroxylation is 1. The minimum Gasteiger partial charge on any atom is -0.326 e. The van der Waals surface area contributed by atoms with E-state index < -0.39 is 0 Å². The van der Waals surface area contributed by atoms with Crippen molar-refractivity contribution in [2.75, 3.05) is 16.8 Å². The monoisotopic (exact) mass is 274 g/mol. The van der Waals surface area contributed by atoms with E-state index in [4.69, 9.17) is 0 Å². The van der Waals surface area contributed by atoms with Crippen LogP contribution in [0.1, 0.15) is 38.7 Å². The Kier molecular flexibility index (Phi) is 4.42. The van der Waals surface area contributed by atoms with Gasteiger partial charge in [-0.15, -0.1) is 0 Å². The number of amides is 2. The first-order valence-electron chi connectivity index (χ1n) is 7.24. The Morgan fingerprint density at radius 2 is 2.20 bits per heavy atom. The van der Waals surface area contributed by atoms with E-state index in [9.17, 15) is 9.59 Å². The Morgan fingerprint density at radius 1 is 1.45 bits per heavy atom. The predicted octanol–water partition coefficient (Wildman–Crippen LogP) is 3.11. The van der Waals surface area contributed by atoms with Crippen LogP contribution < -0.4 is 10.2 Å². The van der Waals surface area contributed by atoms with Crippen molar-refractivity contribution in [3.63, 3.8) is 0 Å². The average Bonchev–Trinajstić information content (AvgIpc) is 2.84. The molecule has 0 spiro atoms. The molecule has 0 unspecified atom stereocenters. The molecule has 1 aliphatic heterocycles. The van der Waals surface area contributed by atoms with Crippen LogP contribution in [0.3, 0.4) is 0 Å². The number of rotatable bonds is 4. The molecule has 4 heteroatoms. The van der Waals surface area contributed by atoms with Crippen molar-refractivity contribution < 1.29 is 9.59 Å². The van der Waals surface area contributed by atoms with Crippen LogP contribution in [0, 0.1) is 12.8 Å². The third kappa shape index (κ3) is 3.00. The highest BCUT2D eigenvalue weighted by molar-refractivity contribution is 5.97. The summed E-state index contributed by atoms with van der Waals surface area (Å²) in [5.74, 6) is 0.233. The summed E-state index contributed by atoms with van der Waals surface area (Å²) in [6, 6.07) is 5.72. The summed E-state index contributed by atoms with van der Waals surface area (Å²) in [6.07, 6.45) is 2.38. The number of carbonyl (C=O) groups excluding carboxylic acids is 2. The standard InChI is InChI=1S/C16H22N2O2/c1-4-11(2)16(20)17-13-7-8-14(12(3)10-13)18-9-5-6-15(18)19/h7-8,10-11H,4-6,9H2,1-3H3,(H,17,20)/t11-/m0/s1. The third-order valence-electron chi connectivity index (χ3n) is 3.89. The fourth-order valence-electron chi connectivity index (χ4n) is 2.39. The highest BCUT2D eigenvalue weighted by atomic mass is 16.2. The maximum absolute atomic E-state index is 11.9. The van der Waals surface area contributed by atoms with Crippen molar-refractivity contribution in [1.29, 1.82) is 0 Å². The Labute approximate surface area is 120 Å². The second-order valence-electron chi connectivity index (χ2n) is 5.45. The molecule has 0 saturated carbocycles. The number of hydrogen-bond acceptors (Lipinski definition) is 2. The fraction of sp³-hybridized carbons (Fsp3) is 0.500. The lowest BCUT2D eigenvalue weighted by molar-refractivity contribution is -0.119. The van der Waals surface area contributed by atoms with Gasteiger partial charge >= 0.3 is 0 Å². The van der Waals surface area contributed by atoms with Crippen molar-refractivity contribution in [1.82, 2.24) is 0 Å². The smallest absolute Gasteiger partial charge is 0.227 e. The normalized spacial score (nSPS) is 16.4. The van der Waals surface area contributed by atoms with Crippen molar-refractivity contribution in [2.24, 2.45) is 5.92 Å². The SMILES string of the molecule is CC[C@H](C)C(=O)Nc1ccc(N2CCCC2=O)c(C)c1. The number of anilines is 2. The van der Waals surface area contributed by atoms with Crippen LogP contribution >= 0.6 is 0 Å². The molecule has 108 valence electrons. The van der Waals surface area contributed by atoms with Crippen LogP contribution in [0.25, 0.3) is 0 Å². The van der Waals surface area contributed by atoms with E-state index >= 15 is 0 Å². The van der Waals surface area contributed by atoms with E-state index in [0.717, 1.165) is 36.3 Å². The van der Waals surface area contributed by atoms with Crippen LogP contribution in [0.2, 0.25) is 0 Å². The molecule has 20 heavy (non-hydrogen) atoms. The van der Waals surface area contributed by atoms with Crippen molar-refractivity contribution in [2.45, 2.75) is 40.0 Å². The molecule has 2 amide bonds. The lowest BCUT2D eigenvalue weighted by Gasteiger charge is -2.19. The van der Waals surface area contributed by atoms with Crippen LogP contribution in [0.4, 0.5) is 11.4 Å². The number of nitrogens with zero attached hydrogens (tertiary/aromatic N) is 1. The first-order valence-corrected chi connectivity index (χ1v) is 7.24. The van der Waals surface area contributed by atoms with E-state index in [-0.39, 0.29) is 17.7 Å². The Balaban J connectivity index is 2.13. The molecule has 1 N–H and O–H groups in total. The quantitative estimate of drug-likeness (QED) is 0.917. The van der Waals surface area contributed by atoms with Gasteiger partial charge in [0.1, 0.15) is 0 Å². The molecule has 1 aromatic rings. The Hall–Kier alpha value is -1.84. The number of nitrogens with one attached hydrogen (secondary N) is 1. The summed E-state index contributed by atoms with van der Waals surface area (Å²) >= 11 is 0. The van der Waals surface area contributed by atoms with Gasteiger partial charge in [-0.1, -0.05) is 13.8 Å². The van der Waals surface area contributed by atoms with Gasteiger partial charge in [0, 0.05) is 30.3 Å². The second-order valence-corrected chi connectivity index (χ2v) is 5.45. The zero-order chi connectivity index (χ0) is 14.7. The minimum absolute atomic E-state index is 0.00939. The molecule has 1 aliphatic rings. The number of hydrogen-bond donors (Lipinski definition) is 1. The molecule has 0 aliphatic carbocycles. The van der Waals surface area contributed by atoms with Gasteiger partial charge in [-0.05, 0) is 43.5 Å². The van der Waals surface area contributed by atoms with E-state index in [1.807, 2.05) is 43.9 Å². The summed E-state index contributed by atoms with van der Waals surface area (Å²) in [4.78, 5) is 25.5. The summed E-state index contributed by atoms with van der Waals surface area (Å²) in [7, 11) is 0. The van der Waals surface area contributed by atoms with Gasteiger partial charge in [-0.25, -0.2) is 0 Å². The lowest BCUT2D eigenvalue weighted by atomic mass is 10.1. The summed E-state index contributed by atoms with van der Waals surface area (Å²) < 4.78 is 0.